The van der Waals surface area contributed by atoms with E-state index in [4.69, 9.17) is 18.6 Å². The number of aromatic nitrogens is 3. The standard InChI is InChI=1S/C31H40N6O6/c1-20-25-7-8-36(14-22(25)3-6-28(20)42-18-29-21(2)32-19-43-29)15-24(38)4-5-27(39)26-13-30(33-23-16-41-17-23)35-31(34-26)37-9-11-40-12-10-37/h3,6,13,19,23-24,38H,4-5,7-12,14-18H2,1-2H3,(H,33,34,35)/t24-/m0/s1. The molecule has 12 heteroatoms. The Morgan fingerprint density at radius 1 is 1.16 bits per heavy atom. The van der Waals surface area contributed by atoms with Gasteiger partial charge in [-0.05, 0) is 49.4 Å². The van der Waals surface area contributed by atoms with Crippen molar-refractivity contribution in [1.29, 1.82) is 0 Å². The van der Waals surface area contributed by atoms with Gasteiger partial charge in [-0.15, -0.1) is 0 Å². The van der Waals surface area contributed by atoms with Crippen molar-refractivity contribution in [2.45, 2.75) is 58.4 Å². The Morgan fingerprint density at radius 3 is 2.74 bits per heavy atom. The Morgan fingerprint density at radius 2 is 2.00 bits per heavy atom. The van der Waals surface area contributed by atoms with Crippen LogP contribution in [0.5, 0.6) is 5.75 Å². The monoisotopic (exact) mass is 592 g/mol. The van der Waals surface area contributed by atoms with E-state index in [1.807, 2.05) is 17.9 Å². The highest BCUT2D eigenvalue weighted by atomic mass is 16.5. The minimum atomic E-state index is -0.621. The van der Waals surface area contributed by atoms with Crippen LogP contribution >= 0.6 is 0 Å². The second-order valence-electron chi connectivity index (χ2n) is 11.5. The Kier molecular flexibility index (Phi) is 9.17. The predicted octanol–water partition coefficient (Wildman–Crippen LogP) is 2.69. The van der Waals surface area contributed by atoms with Crippen molar-refractivity contribution in [3.63, 3.8) is 0 Å². The zero-order valence-corrected chi connectivity index (χ0v) is 24.9. The minimum Gasteiger partial charge on any atom is -0.485 e. The number of rotatable bonds is 12. The fourth-order valence-corrected chi connectivity index (χ4v) is 5.70. The number of nitrogens with one attached hydrogen (secondary N) is 1. The van der Waals surface area contributed by atoms with Gasteiger partial charge in [-0.1, -0.05) is 6.07 Å². The van der Waals surface area contributed by atoms with E-state index < -0.39 is 6.10 Å². The fourth-order valence-electron chi connectivity index (χ4n) is 5.70. The highest BCUT2D eigenvalue weighted by Crippen LogP contribution is 2.30. The van der Waals surface area contributed by atoms with E-state index in [0.717, 1.165) is 42.3 Å². The predicted molar refractivity (Wildman–Crippen MR) is 159 cm³/mol. The number of ether oxygens (including phenoxy) is 3. The van der Waals surface area contributed by atoms with Crippen LogP contribution in [0.3, 0.4) is 0 Å². The van der Waals surface area contributed by atoms with Gasteiger partial charge in [-0.3, -0.25) is 9.69 Å². The first kappa shape index (κ1) is 29.5. The molecule has 6 rings (SSSR count). The van der Waals surface area contributed by atoms with Crippen molar-refractivity contribution in [1.82, 2.24) is 19.9 Å². The second kappa shape index (κ2) is 13.4. The molecular formula is C31H40N6O6. The lowest BCUT2D eigenvalue weighted by Gasteiger charge is -2.31. The maximum Gasteiger partial charge on any atom is 0.228 e. The van der Waals surface area contributed by atoms with E-state index in [9.17, 15) is 9.90 Å². The van der Waals surface area contributed by atoms with E-state index in [0.29, 0.717) is 76.5 Å². The van der Waals surface area contributed by atoms with Crippen molar-refractivity contribution < 1.29 is 28.5 Å². The normalized spacial score (nSPS) is 18.2. The van der Waals surface area contributed by atoms with Gasteiger partial charge in [0.1, 0.15) is 23.9 Å². The molecule has 3 aliphatic rings. The number of oxazole rings is 1. The fraction of sp³-hybridized carbons (Fsp3) is 0.548. The number of ketones is 1. The van der Waals surface area contributed by atoms with Crippen LogP contribution in [0.1, 0.15) is 51.5 Å². The molecule has 0 aliphatic carbocycles. The first-order valence-electron chi connectivity index (χ1n) is 15.1. The van der Waals surface area contributed by atoms with Crippen molar-refractivity contribution in [3.8, 4) is 5.75 Å². The van der Waals surface area contributed by atoms with Crippen molar-refractivity contribution in [3.05, 3.63) is 58.4 Å². The van der Waals surface area contributed by atoms with Gasteiger partial charge in [0.05, 0.1) is 44.3 Å². The van der Waals surface area contributed by atoms with Crippen LogP contribution in [0, 0.1) is 13.8 Å². The van der Waals surface area contributed by atoms with E-state index in [1.54, 1.807) is 6.07 Å². The number of fused-ring (bicyclic) bond motifs is 1. The molecule has 0 unspecified atom stereocenters. The van der Waals surface area contributed by atoms with Gasteiger partial charge in [0.15, 0.2) is 17.9 Å². The van der Waals surface area contributed by atoms with Crippen LogP contribution in [-0.4, -0.2) is 95.5 Å². The molecule has 1 atom stereocenters. The third-order valence-corrected chi connectivity index (χ3v) is 8.38. The molecular weight excluding hydrogens is 552 g/mol. The van der Waals surface area contributed by atoms with Crippen LogP contribution < -0.4 is 15.0 Å². The van der Waals surface area contributed by atoms with Crippen molar-refractivity contribution in [2.24, 2.45) is 0 Å². The number of hydrogen-bond donors (Lipinski definition) is 2. The summed E-state index contributed by atoms with van der Waals surface area (Å²) < 4.78 is 22.2. The maximum absolute atomic E-state index is 13.2. The highest BCUT2D eigenvalue weighted by molar-refractivity contribution is 5.95. The molecule has 0 radical (unpaired) electrons. The number of morpholine rings is 1. The summed E-state index contributed by atoms with van der Waals surface area (Å²) in [6.45, 7) is 10.2. The number of aliphatic hydroxyl groups excluding tert-OH is 1. The SMILES string of the molecule is Cc1ncoc1COc1ccc2c(c1C)CCN(C[C@@H](O)CCC(=O)c1cc(NC3COC3)nc(N3CCOCC3)n1)C2. The summed E-state index contributed by atoms with van der Waals surface area (Å²) >= 11 is 0. The third-order valence-electron chi connectivity index (χ3n) is 8.38. The van der Waals surface area contributed by atoms with Gasteiger partial charge in [0.25, 0.3) is 0 Å². The third kappa shape index (κ3) is 7.15. The largest absolute Gasteiger partial charge is 0.485 e. The molecule has 12 nitrogen and oxygen atoms in total. The molecule has 2 saturated heterocycles. The van der Waals surface area contributed by atoms with E-state index >= 15 is 0 Å². The number of hydrogen-bond acceptors (Lipinski definition) is 12. The zero-order valence-electron chi connectivity index (χ0n) is 24.9. The molecule has 0 bridgehead atoms. The van der Waals surface area contributed by atoms with Crippen LogP contribution in [0.25, 0.3) is 0 Å². The molecule has 0 amide bonds. The molecule has 2 aromatic heterocycles. The Hall–Kier alpha value is -3.58. The molecule has 2 fully saturated rings. The highest BCUT2D eigenvalue weighted by Gasteiger charge is 2.25. The van der Waals surface area contributed by atoms with Gasteiger partial charge in [0.2, 0.25) is 5.95 Å². The average Bonchev–Trinajstić information content (AvgIpc) is 3.42. The molecule has 0 spiro atoms. The Balaban J connectivity index is 1.03. The van der Waals surface area contributed by atoms with Gasteiger partial charge < -0.3 is 34.0 Å². The summed E-state index contributed by atoms with van der Waals surface area (Å²) in [7, 11) is 0. The van der Waals surface area contributed by atoms with Crippen LogP contribution in [0.2, 0.25) is 0 Å². The number of Topliss-reactive ketones (excluding diaryl/α,β-unsaturated/α-hetero) is 1. The number of nitrogens with zero attached hydrogens (tertiary/aromatic N) is 5. The number of β-amino-alcohol motifs (C(OH)–C–C–N with tert-alkyl or cyclic N) is 1. The number of carbonyl (C=O) groups is 1. The first-order valence-corrected chi connectivity index (χ1v) is 15.1. The molecule has 1 aromatic carbocycles. The van der Waals surface area contributed by atoms with Gasteiger partial charge in [-0.2, -0.15) is 4.98 Å². The summed E-state index contributed by atoms with van der Waals surface area (Å²) in [4.78, 5) is 30.9. The molecule has 3 aliphatic heterocycles. The number of anilines is 2. The summed E-state index contributed by atoms with van der Waals surface area (Å²) in [5.74, 6) is 2.63. The van der Waals surface area contributed by atoms with Crippen LogP contribution in [0.4, 0.5) is 11.8 Å². The number of carbonyl (C=O) groups excluding carboxylic acids is 1. The summed E-state index contributed by atoms with van der Waals surface area (Å²) in [5.41, 5.74) is 4.88. The van der Waals surface area contributed by atoms with Crippen LogP contribution in [-0.2, 0) is 29.0 Å². The molecule has 3 aromatic rings. The summed E-state index contributed by atoms with van der Waals surface area (Å²) in [6.07, 6.45) is 2.26. The molecule has 43 heavy (non-hydrogen) atoms. The minimum absolute atomic E-state index is 0.100. The lowest BCUT2D eigenvalue weighted by molar-refractivity contribution is 0.0209. The number of benzene rings is 1. The smallest absolute Gasteiger partial charge is 0.228 e. The van der Waals surface area contributed by atoms with Gasteiger partial charge >= 0.3 is 0 Å². The van der Waals surface area contributed by atoms with Gasteiger partial charge in [-0.25, -0.2) is 9.97 Å². The van der Waals surface area contributed by atoms with Crippen LogP contribution in [0.15, 0.2) is 29.0 Å². The van der Waals surface area contributed by atoms with Gasteiger partial charge in [0, 0.05) is 45.2 Å². The van der Waals surface area contributed by atoms with E-state index in [2.05, 4.69) is 38.2 Å². The van der Waals surface area contributed by atoms with E-state index in [-0.39, 0.29) is 18.2 Å². The molecule has 5 heterocycles. The van der Waals surface area contributed by atoms with E-state index in [1.165, 1.54) is 17.5 Å². The molecule has 230 valence electrons. The zero-order chi connectivity index (χ0) is 29.8. The van der Waals surface area contributed by atoms with Crippen molar-refractivity contribution in [2.75, 3.05) is 62.8 Å². The lowest BCUT2D eigenvalue weighted by atomic mass is 9.94. The number of aliphatic hydroxyl groups is 1. The Labute approximate surface area is 251 Å². The Bertz CT molecular complexity index is 1420. The number of aryl methyl sites for hydroxylation is 1. The topological polar surface area (TPSA) is 135 Å². The molecule has 2 N–H and O–H groups in total. The van der Waals surface area contributed by atoms with Crippen molar-refractivity contribution >= 4 is 17.5 Å². The first-order chi connectivity index (χ1) is 20.9. The summed E-state index contributed by atoms with van der Waals surface area (Å²) in [5, 5.41) is 14.2. The lowest BCUT2D eigenvalue weighted by Crippen LogP contribution is -2.41. The summed E-state index contributed by atoms with van der Waals surface area (Å²) in [6, 6.07) is 6.01. The average molecular weight is 593 g/mol. The maximum atomic E-state index is 13.2. The quantitative estimate of drug-likeness (QED) is 0.299. The molecule has 0 saturated carbocycles. The second-order valence-corrected chi connectivity index (χ2v) is 11.5.